The second-order valence-electron chi connectivity index (χ2n) is 10.8. The number of aryl methyl sites for hydroxylation is 1. The van der Waals surface area contributed by atoms with Gasteiger partial charge in [-0.1, -0.05) is 111 Å². The highest BCUT2D eigenvalue weighted by atomic mass is 16.5. The Morgan fingerprint density at radius 3 is 1.71 bits per heavy atom. The fourth-order valence-corrected chi connectivity index (χ4v) is 5.83. The van der Waals surface area contributed by atoms with Crippen LogP contribution in [0.5, 0.6) is 0 Å². The third-order valence-corrected chi connectivity index (χ3v) is 7.90. The van der Waals surface area contributed by atoms with Gasteiger partial charge in [-0.25, -0.2) is 9.59 Å². The van der Waals surface area contributed by atoms with Crippen LogP contribution >= 0.6 is 0 Å². The minimum atomic E-state index is -1.25. The van der Waals surface area contributed by atoms with E-state index in [-0.39, 0.29) is 28.9 Å². The average Bonchev–Trinajstić information content (AvgIpc) is 3.07. The maximum Gasteiger partial charge on any atom is 0.338 e. The molecule has 0 heterocycles. The highest BCUT2D eigenvalue weighted by Gasteiger charge is 2.31. The normalized spacial score (nSPS) is 10.9. The van der Waals surface area contributed by atoms with Crippen molar-refractivity contribution >= 4 is 34.3 Å². The van der Waals surface area contributed by atoms with Gasteiger partial charge in [0.1, 0.15) is 0 Å². The van der Waals surface area contributed by atoms with Gasteiger partial charge in [0.25, 0.3) is 0 Å². The summed E-state index contributed by atoms with van der Waals surface area (Å²) in [6, 6.07) is 29.5. The molecule has 0 unspecified atom stereocenters. The predicted octanol–water partition coefficient (Wildman–Crippen LogP) is 8.58. The van der Waals surface area contributed by atoms with Crippen molar-refractivity contribution in [3.05, 3.63) is 142 Å². The molecule has 0 saturated carbocycles. The largest absolute Gasteiger partial charge is 0.478 e. The van der Waals surface area contributed by atoms with E-state index in [1.165, 1.54) is 6.07 Å². The van der Waals surface area contributed by atoms with Crippen molar-refractivity contribution in [1.82, 2.24) is 0 Å². The van der Waals surface area contributed by atoms with Crippen LogP contribution in [-0.2, 0) is 11.2 Å². The van der Waals surface area contributed by atoms with Gasteiger partial charge in [0.15, 0.2) is 11.6 Å². The molecule has 45 heavy (non-hydrogen) atoms. The third-order valence-electron chi connectivity index (χ3n) is 7.90. The minimum Gasteiger partial charge on any atom is -0.478 e. The lowest BCUT2D eigenvalue weighted by Crippen LogP contribution is -2.17. The van der Waals surface area contributed by atoms with Gasteiger partial charge >= 0.3 is 11.9 Å². The van der Waals surface area contributed by atoms with Crippen LogP contribution in [0.3, 0.4) is 0 Å². The molecule has 5 rings (SSSR count). The fourth-order valence-electron chi connectivity index (χ4n) is 5.83. The second kappa shape index (κ2) is 14.0. The number of fused-ring (bicyclic) bond motifs is 1. The van der Waals surface area contributed by atoms with Crippen molar-refractivity contribution in [1.29, 1.82) is 0 Å². The number of aromatic carboxylic acids is 1. The summed E-state index contributed by atoms with van der Waals surface area (Å²) in [7, 11) is 0. The number of hydrogen-bond acceptors (Lipinski definition) is 5. The molecule has 6 heteroatoms. The molecule has 1 N–H and O–H groups in total. The highest BCUT2D eigenvalue weighted by Crippen LogP contribution is 2.41. The average molecular weight is 599 g/mol. The topological polar surface area (TPSA) is 97.7 Å². The molecule has 0 amide bonds. The molecule has 226 valence electrons. The standard InChI is InChI=1S/C39H34O6/c1-3-5-9-22-28-29-23-32(39(44)45-4-2)35(37(41)27-20-14-8-15-21-27)33(25-16-10-6-11-17-25)30(29)24-31(38(42)43)34(28)36(40)26-18-12-7-13-19-26/h6-8,10-21,23-24H,3-5,9,22H2,1-2H3,(H,42,43). The Balaban J connectivity index is 1.99. The number of carbonyl (C=O) groups excluding carboxylic acids is 3. The molecule has 0 saturated heterocycles. The van der Waals surface area contributed by atoms with E-state index in [0.717, 1.165) is 12.8 Å². The van der Waals surface area contributed by atoms with E-state index < -0.39 is 23.5 Å². The summed E-state index contributed by atoms with van der Waals surface area (Å²) < 4.78 is 5.49. The van der Waals surface area contributed by atoms with Gasteiger partial charge in [0, 0.05) is 27.8 Å². The van der Waals surface area contributed by atoms with Crippen LogP contribution in [0.15, 0.2) is 103 Å². The number of ketones is 2. The number of carbonyl (C=O) groups is 4. The number of ether oxygens (including phenoxy) is 1. The molecule has 5 aromatic rings. The zero-order chi connectivity index (χ0) is 31.9. The summed E-state index contributed by atoms with van der Waals surface area (Å²) in [5.74, 6) is -2.73. The van der Waals surface area contributed by atoms with Gasteiger partial charge < -0.3 is 9.84 Å². The Morgan fingerprint density at radius 1 is 0.644 bits per heavy atom. The van der Waals surface area contributed by atoms with Crippen molar-refractivity contribution in [3.63, 3.8) is 0 Å². The monoisotopic (exact) mass is 598 g/mol. The molecule has 0 radical (unpaired) electrons. The highest BCUT2D eigenvalue weighted by molar-refractivity contribution is 6.25. The summed E-state index contributed by atoms with van der Waals surface area (Å²) in [5, 5.41) is 11.6. The third kappa shape index (κ3) is 6.31. The van der Waals surface area contributed by atoms with Crippen LogP contribution in [0, 0.1) is 0 Å². The number of carboxylic acids is 1. The molecule has 0 atom stereocenters. The first-order valence-electron chi connectivity index (χ1n) is 15.2. The van der Waals surface area contributed by atoms with E-state index in [2.05, 4.69) is 6.92 Å². The minimum absolute atomic E-state index is 0.0648. The smallest absolute Gasteiger partial charge is 0.338 e. The lowest BCUT2D eigenvalue weighted by atomic mass is 9.80. The number of esters is 1. The van der Waals surface area contributed by atoms with Crippen molar-refractivity contribution in [2.45, 2.75) is 39.5 Å². The summed E-state index contributed by atoms with van der Waals surface area (Å²) >= 11 is 0. The summed E-state index contributed by atoms with van der Waals surface area (Å²) in [5.41, 5.74) is 2.45. The first-order chi connectivity index (χ1) is 21.9. The molecule has 5 aromatic carbocycles. The van der Waals surface area contributed by atoms with Crippen molar-refractivity contribution in [3.8, 4) is 11.1 Å². The first-order valence-corrected chi connectivity index (χ1v) is 15.2. The molecule has 0 aliphatic rings. The second-order valence-corrected chi connectivity index (χ2v) is 10.8. The molecule has 0 aliphatic heterocycles. The van der Waals surface area contributed by atoms with E-state index in [4.69, 9.17) is 4.74 Å². The number of benzene rings is 5. The number of rotatable bonds is 12. The van der Waals surface area contributed by atoms with Crippen LogP contribution in [0.2, 0.25) is 0 Å². The van der Waals surface area contributed by atoms with Crippen LogP contribution in [0.4, 0.5) is 0 Å². The number of unbranched alkanes of at least 4 members (excludes halogenated alkanes) is 2. The summed E-state index contributed by atoms with van der Waals surface area (Å²) in [4.78, 5) is 55.0. The Bertz CT molecular complexity index is 1880. The van der Waals surface area contributed by atoms with Gasteiger partial charge in [-0.2, -0.15) is 0 Å². The van der Waals surface area contributed by atoms with Crippen LogP contribution in [0.25, 0.3) is 21.9 Å². The molecule has 0 spiro atoms. The van der Waals surface area contributed by atoms with E-state index >= 15 is 0 Å². The van der Waals surface area contributed by atoms with E-state index in [1.807, 2.05) is 30.3 Å². The Hall–Kier alpha value is -5.36. The fraction of sp³-hybridized carbons (Fsp3) is 0.179. The maximum atomic E-state index is 14.3. The molecule has 0 aromatic heterocycles. The molecule has 0 fully saturated rings. The molecular formula is C39H34O6. The predicted molar refractivity (Wildman–Crippen MR) is 175 cm³/mol. The van der Waals surface area contributed by atoms with Gasteiger partial charge in [-0.15, -0.1) is 0 Å². The molecule has 0 aliphatic carbocycles. The van der Waals surface area contributed by atoms with Gasteiger partial charge in [-0.05, 0) is 53.8 Å². The van der Waals surface area contributed by atoms with Crippen molar-refractivity contribution in [2.24, 2.45) is 0 Å². The van der Waals surface area contributed by atoms with Crippen molar-refractivity contribution < 1.29 is 29.0 Å². The van der Waals surface area contributed by atoms with Crippen molar-refractivity contribution in [2.75, 3.05) is 6.61 Å². The van der Waals surface area contributed by atoms with Gasteiger partial charge in [0.05, 0.1) is 17.7 Å². The first kappa shape index (κ1) is 31.1. The van der Waals surface area contributed by atoms with E-state index in [0.29, 0.717) is 51.4 Å². The molecule has 0 bridgehead atoms. The molecule has 6 nitrogen and oxygen atoms in total. The van der Waals surface area contributed by atoms with Crippen LogP contribution in [-0.4, -0.2) is 35.2 Å². The lowest BCUT2D eigenvalue weighted by Gasteiger charge is -2.22. The Kier molecular flexibility index (Phi) is 9.64. The number of carboxylic acid groups (broad SMARTS) is 1. The van der Waals surface area contributed by atoms with Crippen LogP contribution < -0.4 is 0 Å². The molecular weight excluding hydrogens is 564 g/mol. The summed E-state index contributed by atoms with van der Waals surface area (Å²) in [6.07, 6.45) is 2.88. The Labute approximate surface area is 262 Å². The van der Waals surface area contributed by atoms with E-state index in [9.17, 15) is 24.3 Å². The maximum absolute atomic E-state index is 14.3. The zero-order valence-corrected chi connectivity index (χ0v) is 25.3. The Morgan fingerprint density at radius 2 is 1.18 bits per heavy atom. The summed E-state index contributed by atoms with van der Waals surface area (Å²) in [6.45, 7) is 3.85. The van der Waals surface area contributed by atoms with Crippen LogP contribution in [0.1, 0.15) is 91.2 Å². The van der Waals surface area contributed by atoms with Gasteiger partial charge in [-0.3, -0.25) is 9.59 Å². The number of hydrogen-bond donors (Lipinski definition) is 1. The SMILES string of the molecule is CCCCCc1c(C(=O)c2ccccc2)c(C(=O)O)cc2c(-c3ccccc3)c(C(=O)c3ccccc3)c(C(=O)OCC)cc12. The quantitative estimate of drug-likeness (QED) is 0.0878. The lowest BCUT2D eigenvalue weighted by molar-refractivity contribution is 0.0523. The van der Waals surface area contributed by atoms with E-state index in [1.54, 1.807) is 73.7 Å². The zero-order valence-electron chi connectivity index (χ0n) is 25.3. The van der Waals surface area contributed by atoms with Gasteiger partial charge in [0.2, 0.25) is 0 Å².